The molecule has 2 N–H and O–H groups in total. The number of carbonyl (C=O) groups is 2. The summed E-state index contributed by atoms with van der Waals surface area (Å²) in [5.74, 6) is -2.16. The minimum Gasteiger partial charge on any atom is -0.503 e. The van der Waals surface area contributed by atoms with Crippen molar-refractivity contribution in [1.82, 2.24) is 9.88 Å². The predicted molar refractivity (Wildman–Crippen MR) is 87.3 cm³/mol. The van der Waals surface area contributed by atoms with Crippen LogP contribution in [0.3, 0.4) is 0 Å². The molecular formula is C16H22N2O6. The molecule has 132 valence electrons. The summed E-state index contributed by atoms with van der Waals surface area (Å²) in [4.78, 5) is 35.2. The van der Waals surface area contributed by atoms with Crippen molar-refractivity contribution in [2.75, 3.05) is 20.8 Å². The molecule has 0 saturated carbocycles. The van der Waals surface area contributed by atoms with Crippen molar-refractivity contribution in [2.24, 2.45) is 0 Å². The van der Waals surface area contributed by atoms with Crippen molar-refractivity contribution in [1.29, 1.82) is 0 Å². The maximum atomic E-state index is 11.9. The normalized spacial score (nSPS) is 15.5. The van der Waals surface area contributed by atoms with Gasteiger partial charge in [-0.05, 0) is 13.3 Å². The lowest BCUT2D eigenvalue weighted by atomic mass is 10.1. The van der Waals surface area contributed by atoms with Crippen molar-refractivity contribution < 1.29 is 24.2 Å². The molecular weight excluding hydrogens is 316 g/mol. The van der Waals surface area contributed by atoms with Crippen LogP contribution >= 0.6 is 0 Å². The van der Waals surface area contributed by atoms with E-state index >= 15 is 0 Å². The summed E-state index contributed by atoms with van der Waals surface area (Å²) in [7, 11) is 2.82. The molecule has 1 aliphatic rings. The van der Waals surface area contributed by atoms with E-state index in [9.17, 15) is 19.5 Å². The Labute approximate surface area is 139 Å². The zero-order valence-electron chi connectivity index (χ0n) is 14.0. The number of nitrogens with one attached hydrogen (secondary N) is 1. The van der Waals surface area contributed by atoms with Crippen LogP contribution in [-0.4, -0.2) is 48.4 Å². The summed E-state index contributed by atoms with van der Waals surface area (Å²) in [6.45, 7) is 6.69. The van der Waals surface area contributed by atoms with Gasteiger partial charge in [-0.3, -0.25) is 9.59 Å². The van der Waals surface area contributed by atoms with E-state index < -0.39 is 23.1 Å². The van der Waals surface area contributed by atoms with Gasteiger partial charge in [0.15, 0.2) is 11.4 Å². The highest BCUT2D eigenvalue weighted by atomic mass is 16.5. The Hall–Kier alpha value is -2.61. The van der Waals surface area contributed by atoms with Crippen LogP contribution in [0.2, 0.25) is 0 Å². The number of amides is 1. The number of hydrogen-bond donors (Lipinski definition) is 2. The molecule has 24 heavy (non-hydrogen) atoms. The van der Waals surface area contributed by atoms with E-state index in [1.165, 1.54) is 10.8 Å². The first-order valence-electron chi connectivity index (χ1n) is 7.36. The Morgan fingerprint density at radius 3 is 2.62 bits per heavy atom. The van der Waals surface area contributed by atoms with Gasteiger partial charge in [-0.25, -0.2) is 4.79 Å². The van der Waals surface area contributed by atoms with Crippen LogP contribution in [0.4, 0.5) is 0 Å². The summed E-state index contributed by atoms with van der Waals surface area (Å²) < 4.78 is 10.4. The highest BCUT2D eigenvalue weighted by Gasteiger charge is 2.29. The number of esters is 1. The molecule has 1 amide bonds. The van der Waals surface area contributed by atoms with Gasteiger partial charge in [0.1, 0.15) is 5.56 Å². The third-order valence-electron chi connectivity index (χ3n) is 3.37. The van der Waals surface area contributed by atoms with Crippen LogP contribution in [0.1, 0.15) is 34.2 Å². The largest absolute Gasteiger partial charge is 0.503 e. The molecule has 0 fully saturated rings. The number of hydrogen-bond acceptors (Lipinski definition) is 6. The van der Waals surface area contributed by atoms with E-state index in [0.29, 0.717) is 13.0 Å². The first-order valence-corrected chi connectivity index (χ1v) is 7.36. The zero-order chi connectivity index (χ0) is 18.3. The fourth-order valence-electron chi connectivity index (χ4n) is 2.16. The average Bonchev–Trinajstić information content (AvgIpc) is 2.57. The molecule has 0 bridgehead atoms. The minimum atomic E-state index is -0.916. The van der Waals surface area contributed by atoms with Crippen LogP contribution in [0.25, 0.3) is 0 Å². The highest BCUT2D eigenvalue weighted by Crippen LogP contribution is 2.19. The standard InChI is InChI=1S/C13H14N2O5.C3H8O/c1-3-4-7-5-15-6-8(13(19)20-2)10(16)11(17)9(15)12(18)14-7;1-3-4-2/h3,6-7,17H,1,4-5H2,2H3,(H,14,18);3H2,1-2H3. The molecule has 1 aromatic heterocycles. The van der Waals surface area contributed by atoms with Gasteiger partial charge in [0, 0.05) is 26.5 Å². The van der Waals surface area contributed by atoms with Crippen molar-refractivity contribution in [3.63, 3.8) is 0 Å². The fourth-order valence-corrected chi connectivity index (χ4v) is 2.16. The average molecular weight is 338 g/mol. The van der Waals surface area contributed by atoms with E-state index in [-0.39, 0.29) is 17.3 Å². The van der Waals surface area contributed by atoms with Crippen molar-refractivity contribution in [2.45, 2.75) is 25.9 Å². The molecule has 0 aliphatic carbocycles. The number of pyridine rings is 1. The van der Waals surface area contributed by atoms with Crippen LogP contribution < -0.4 is 10.7 Å². The van der Waals surface area contributed by atoms with Gasteiger partial charge >= 0.3 is 5.97 Å². The van der Waals surface area contributed by atoms with Gasteiger partial charge in [-0.15, -0.1) is 6.58 Å². The SMILES string of the molecule is C=CCC1Cn2cc(C(=O)OC)c(=O)c(O)c2C(=O)N1.CCOC. The van der Waals surface area contributed by atoms with Crippen molar-refractivity contribution in [3.8, 4) is 5.75 Å². The first kappa shape index (κ1) is 19.4. The summed E-state index contributed by atoms with van der Waals surface area (Å²) in [5.41, 5.74) is -1.37. The van der Waals surface area contributed by atoms with Gasteiger partial charge in [-0.2, -0.15) is 0 Å². The van der Waals surface area contributed by atoms with Crippen molar-refractivity contribution >= 4 is 11.9 Å². The molecule has 1 aliphatic heterocycles. The smallest absolute Gasteiger partial charge is 0.343 e. The first-order chi connectivity index (χ1) is 11.4. The Balaban J connectivity index is 0.000000648. The zero-order valence-corrected chi connectivity index (χ0v) is 14.0. The van der Waals surface area contributed by atoms with Crippen LogP contribution in [-0.2, 0) is 16.0 Å². The summed E-state index contributed by atoms with van der Waals surface area (Å²) in [6.07, 6.45) is 3.42. The van der Waals surface area contributed by atoms with Crippen LogP contribution in [0, 0.1) is 0 Å². The van der Waals surface area contributed by atoms with Gasteiger partial charge in [0.2, 0.25) is 5.43 Å². The molecule has 8 nitrogen and oxygen atoms in total. The molecule has 8 heteroatoms. The van der Waals surface area contributed by atoms with Gasteiger partial charge in [0.05, 0.1) is 13.2 Å². The van der Waals surface area contributed by atoms with E-state index in [4.69, 9.17) is 0 Å². The molecule has 2 rings (SSSR count). The molecule has 2 heterocycles. The maximum absolute atomic E-state index is 11.9. The highest BCUT2D eigenvalue weighted by molar-refractivity contribution is 5.97. The Morgan fingerprint density at radius 1 is 1.50 bits per heavy atom. The van der Waals surface area contributed by atoms with E-state index in [1.807, 2.05) is 6.92 Å². The van der Waals surface area contributed by atoms with E-state index in [1.54, 1.807) is 13.2 Å². The topological polar surface area (TPSA) is 107 Å². The second kappa shape index (κ2) is 8.88. The Kier molecular flexibility index (Phi) is 7.19. The minimum absolute atomic E-state index is 0.150. The molecule has 1 aromatic rings. The number of aromatic nitrogens is 1. The Morgan fingerprint density at radius 2 is 2.12 bits per heavy atom. The van der Waals surface area contributed by atoms with E-state index in [0.717, 1.165) is 13.7 Å². The summed E-state index contributed by atoms with van der Waals surface area (Å²) >= 11 is 0. The third-order valence-corrected chi connectivity index (χ3v) is 3.37. The van der Waals surface area contributed by atoms with E-state index in [2.05, 4.69) is 21.4 Å². The third kappa shape index (κ3) is 4.23. The lowest BCUT2D eigenvalue weighted by Gasteiger charge is -2.27. The summed E-state index contributed by atoms with van der Waals surface area (Å²) in [6, 6.07) is -0.208. The lowest BCUT2D eigenvalue weighted by molar-refractivity contribution is 0.0596. The van der Waals surface area contributed by atoms with Crippen LogP contribution in [0.15, 0.2) is 23.6 Å². The number of methoxy groups -OCH3 is 2. The number of aromatic hydroxyl groups is 1. The second-order valence-electron chi connectivity index (χ2n) is 4.99. The van der Waals surface area contributed by atoms with Gasteiger partial charge < -0.3 is 24.5 Å². The molecule has 1 unspecified atom stereocenters. The van der Waals surface area contributed by atoms with Crippen LogP contribution in [0.5, 0.6) is 5.75 Å². The number of rotatable bonds is 4. The van der Waals surface area contributed by atoms with Gasteiger partial charge in [-0.1, -0.05) is 6.08 Å². The summed E-state index contributed by atoms with van der Waals surface area (Å²) in [5, 5.41) is 12.5. The number of fused-ring (bicyclic) bond motifs is 1. The molecule has 0 saturated heterocycles. The maximum Gasteiger partial charge on any atom is 0.343 e. The monoisotopic (exact) mass is 338 g/mol. The molecule has 0 aromatic carbocycles. The lowest BCUT2D eigenvalue weighted by Crippen LogP contribution is -2.45. The number of carbonyl (C=O) groups excluding carboxylic acids is 2. The predicted octanol–water partition coefficient (Wildman–Crippen LogP) is 0.681. The van der Waals surface area contributed by atoms with Crippen molar-refractivity contribution in [3.05, 3.63) is 40.3 Å². The molecule has 0 radical (unpaired) electrons. The second-order valence-corrected chi connectivity index (χ2v) is 4.99. The van der Waals surface area contributed by atoms with Gasteiger partial charge in [0.25, 0.3) is 5.91 Å². The number of ether oxygens (including phenoxy) is 2. The fraction of sp³-hybridized carbons (Fsp3) is 0.438. The Bertz CT molecular complexity index is 678. The number of nitrogens with zero attached hydrogens (tertiary/aromatic N) is 1. The quantitative estimate of drug-likeness (QED) is 0.618. The molecule has 0 spiro atoms. The molecule has 1 atom stereocenters.